The van der Waals surface area contributed by atoms with Crippen LogP contribution in [0.1, 0.15) is 42.9 Å². The van der Waals surface area contributed by atoms with Crippen LogP contribution in [0.2, 0.25) is 0 Å². The summed E-state index contributed by atoms with van der Waals surface area (Å²) in [4.78, 5) is 49.7. The van der Waals surface area contributed by atoms with Gasteiger partial charge in [-0.3, -0.25) is 14.4 Å². The lowest BCUT2D eigenvalue weighted by molar-refractivity contribution is -0.172. The fourth-order valence-electron chi connectivity index (χ4n) is 4.33. The molecule has 2 aliphatic rings. The number of hydrogen-bond acceptors (Lipinski definition) is 8. The Bertz CT molecular complexity index is 1450. The fraction of sp³-hybridized carbons (Fsp3) is 0.320. The van der Waals surface area contributed by atoms with Gasteiger partial charge in [-0.25, -0.2) is 9.78 Å². The molecule has 0 saturated carbocycles. The van der Waals surface area contributed by atoms with Crippen LogP contribution < -0.4 is 11.3 Å². The summed E-state index contributed by atoms with van der Waals surface area (Å²) < 4.78 is 6.72. The van der Waals surface area contributed by atoms with Crippen molar-refractivity contribution < 1.29 is 34.4 Å². The molecule has 2 aliphatic heterocycles. The lowest BCUT2D eigenvalue weighted by atomic mass is 9.86. The molecule has 5 rings (SSSR count). The van der Waals surface area contributed by atoms with Gasteiger partial charge < -0.3 is 30.4 Å². The van der Waals surface area contributed by atoms with Crippen molar-refractivity contribution in [2.75, 3.05) is 0 Å². The van der Waals surface area contributed by atoms with Crippen LogP contribution in [0.15, 0.2) is 41.2 Å². The maximum atomic E-state index is 13.0. The normalized spacial score (nSPS) is 17.8. The molecule has 2 atom stereocenters. The van der Waals surface area contributed by atoms with Gasteiger partial charge in [0, 0.05) is 22.9 Å². The van der Waals surface area contributed by atoms with Crippen molar-refractivity contribution in [2.24, 2.45) is 5.73 Å². The number of para-hydroxylation sites is 1. The highest BCUT2D eigenvalue weighted by Crippen LogP contribution is 2.38. The lowest BCUT2D eigenvalue weighted by Crippen LogP contribution is -2.44. The number of pyridine rings is 2. The number of carboxylic acids is 2. The summed E-state index contributed by atoms with van der Waals surface area (Å²) >= 11 is 0. The lowest BCUT2D eigenvalue weighted by Gasteiger charge is -2.31. The Morgan fingerprint density at radius 3 is 2.57 bits per heavy atom. The summed E-state index contributed by atoms with van der Waals surface area (Å²) in [7, 11) is 0. The third kappa shape index (κ3) is 5.06. The number of carbonyl (C=O) groups is 3. The van der Waals surface area contributed by atoms with E-state index < -0.39 is 29.6 Å². The number of carboxylic acid groups (broad SMARTS) is 2. The zero-order valence-electron chi connectivity index (χ0n) is 19.8. The minimum atomic E-state index is -1.79. The molecule has 3 aromatic rings. The van der Waals surface area contributed by atoms with E-state index in [0.29, 0.717) is 23.4 Å². The Balaban J connectivity index is 0.000000298. The summed E-state index contributed by atoms with van der Waals surface area (Å²) in [5, 5.41) is 28.1. The van der Waals surface area contributed by atoms with Crippen LogP contribution in [0.3, 0.4) is 0 Å². The van der Waals surface area contributed by atoms with Gasteiger partial charge in [0.15, 0.2) is 5.60 Å². The number of nitrogens with two attached hydrogens (primary N) is 1. The van der Waals surface area contributed by atoms with E-state index in [-0.39, 0.29) is 43.8 Å². The maximum Gasteiger partial charge on any atom is 0.343 e. The van der Waals surface area contributed by atoms with Crippen LogP contribution in [0, 0.1) is 0 Å². The number of halogens is 1. The van der Waals surface area contributed by atoms with Gasteiger partial charge in [0.1, 0.15) is 12.6 Å². The monoisotopic (exact) mass is 531 g/mol. The number of benzene rings is 1. The first-order chi connectivity index (χ1) is 17.1. The van der Waals surface area contributed by atoms with E-state index in [9.17, 15) is 24.3 Å². The van der Waals surface area contributed by atoms with Crippen molar-refractivity contribution >= 4 is 41.2 Å². The number of aliphatic carboxylic acids is 2. The van der Waals surface area contributed by atoms with Gasteiger partial charge in [-0.2, -0.15) is 0 Å². The molecule has 0 amide bonds. The Hall–Kier alpha value is -3.80. The van der Waals surface area contributed by atoms with Gasteiger partial charge in [0.25, 0.3) is 5.56 Å². The fourth-order valence-corrected chi connectivity index (χ4v) is 4.33. The van der Waals surface area contributed by atoms with Crippen molar-refractivity contribution in [3.8, 4) is 11.4 Å². The molecule has 0 saturated heterocycles. The van der Waals surface area contributed by atoms with Crippen molar-refractivity contribution in [2.45, 2.75) is 51.0 Å². The standard InChI is InChI=1S/C20H16N2O4.C5H9NO4.ClH/c1-2-20(25)14-8-16-17-12(7-11-5-3-4-6-15(11)21-17)9-22(16)18(23)13(14)10-26-19(20)24;6-3(5(9)10)1-2-4(7)8;/h3-8,25H,2,9-10H2,1H3;3H,1-2,6H2,(H,7,8)(H,9,10);1H/t20-;;/m0../s1. The summed E-state index contributed by atoms with van der Waals surface area (Å²) in [5.41, 5.74) is 6.82. The summed E-state index contributed by atoms with van der Waals surface area (Å²) in [6, 6.07) is 10.5. The van der Waals surface area contributed by atoms with Crippen molar-refractivity contribution in [1.82, 2.24) is 9.55 Å². The van der Waals surface area contributed by atoms with Crippen molar-refractivity contribution in [3.63, 3.8) is 0 Å². The maximum absolute atomic E-state index is 13.0. The Morgan fingerprint density at radius 2 is 1.92 bits per heavy atom. The molecule has 196 valence electrons. The highest BCUT2D eigenvalue weighted by Gasteiger charge is 2.45. The van der Waals surface area contributed by atoms with Gasteiger partial charge in [-0.1, -0.05) is 25.1 Å². The van der Waals surface area contributed by atoms with Crippen LogP contribution in [-0.2, 0) is 37.9 Å². The molecule has 0 bridgehead atoms. The number of fused-ring (bicyclic) bond motifs is 5. The smallest absolute Gasteiger partial charge is 0.343 e. The van der Waals surface area contributed by atoms with E-state index in [1.807, 2.05) is 30.3 Å². The number of rotatable bonds is 5. The first-order valence-electron chi connectivity index (χ1n) is 11.3. The van der Waals surface area contributed by atoms with Gasteiger partial charge in [0.05, 0.1) is 29.0 Å². The summed E-state index contributed by atoms with van der Waals surface area (Å²) in [5.74, 6) is -2.90. The van der Waals surface area contributed by atoms with Crippen LogP contribution in [0.4, 0.5) is 0 Å². The molecule has 0 fully saturated rings. The van der Waals surface area contributed by atoms with Crippen LogP contribution in [0.5, 0.6) is 0 Å². The number of aliphatic hydroxyl groups is 1. The Kier molecular flexibility index (Phi) is 8.01. The van der Waals surface area contributed by atoms with E-state index in [4.69, 9.17) is 25.7 Å². The second kappa shape index (κ2) is 10.7. The second-order valence-electron chi connectivity index (χ2n) is 8.67. The van der Waals surface area contributed by atoms with E-state index >= 15 is 0 Å². The van der Waals surface area contributed by atoms with Crippen molar-refractivity contribution in [3.05, 3.63) is 63.4 Å². The Labute approximate surface area is 216 Å². The summed E-state index contributed by atoms with van der Waals surface area (Å²) in [6.45, 7) is 2.01. The van der Waals surface area contributed by atoms with E-state index in [2.05, 4.69) is 0 Å². The third-order valence-electron chi connectivity index (χ3n) is 6.40. The van der Waals surface area contributed by atoms with E-state index in [1.165, 1.54) is 0 Å². The van der Waals surface area contributed by atoms with Crippen LogP contribution in [-0.4, -0.2) is 48.8 Å². The van der Waals surface area contributed by atoms with Gasteiger partial charge in [-0.05, 0) is 31.0 Å². The quantitative estimate of drug-likeness (QED) is 0.277. The molecule has 0 aliphatic carbocycles. The molecule has 0 spiro atoms. The highest BCUT2D eigenvalue weighted by atomic mass is 35.5. The third-order valence-corrected chi connectivity index (χ3v) is 6.40. The number of carbonyl (C=O) groups excluding carboxylic acids is 1. The average Bonchev–Trinajstić information content (AvgIpc) is 3.21. The average molecular weight is 532 g/mol. The molecule has 1 aromatic carbocycles. The van der Waals surface area contributed by atoms with E-state index in [0.717, 1.165) is 22.2 Å². The van der Waals surface area contributed by atoms with E-state index in [1.54, 1.807) is 17.6 Å². The minimum Gasteiger partial charge on any atom is -0.481 e. The first-order valence-corrected chi connectivity index (χ1v) is 11.3. The number of cyclic esters (lactones) is 1. The molecule has 37 heavy (non-hydrogen) atoms. The summed E-state index contributed by atoms with van der Waals surface area (Å²) in [6.07, 6.45) is -0.0855. The zero-order chi connectivity index (χ0) is 26.2. The number of nitrogens with zero attached hydrogens (tertiary/aromatic N) is 2. The van der Waals surface area contributed by atoms with Gasteiger partial charge in [0.2, 0.25) is 0 Å². The van der Waals surface area contributed by atoms with Crippen molar-refractivity contribution in [1.29, 1.82) is 0 Å². The SMILES string of the molecule is CC[C@@]1(O)C(=O)OCc2c1cc1n(c2=O)Cc2cc3ccccc3nc2-1.Cl.NC(CCC(=O)O)C(=O)O. The predicted octanol–water partition coefficient (Wildman–Crippen LogP) is 1.76. The largest absolute Gasteiger partial charge is 0.481 e. The number of hydrogen-bond donors (Lipinski definition) is 4. The predicted molar refractivity (Wildman–Crippen MR) is 134 cm³/mol. The first kappa shape index (κ1) is 27.8. The molecular weight excluding hydrogens is 506 g/mol. The molecule has 4 heterocycles. The van der Waals surface area contributed by atoms with Crippen LogP contribution in [0.25, 0.3) is 22.3 Å². The molecule has 2 aromatic heterocycles. The molecule has 1 unspecified atom stereocenters. The highest BCUT2D eigenvalue weighted by molar-refractivity contribution is 5.86. The molecular formula is C25H26ClN3O8. The Morgan fingerprint density at radius 1 is 1.22 bits per heavy atom. The number of aromatic nitrogens is 2. The van der Waals surface area contributed by atoms with Crippen LogP contribution >= 0.6 is 12.4 Å². The minimum absolute atomic E-state index is 0. The molecule has 11 nitrogen and oxygen atoms in total. The molecule has 0 radical (unpaired) electrons. The zero-order valence-corrected chi connectivity index (χ0v) is 20.7. The number of esters is 1. The second-order valence-corrected chi connectivity index (χ2v) is 8.67. The molecule has 5 N–H and O–H groups in total. The number of ether oxygens (including phenoxy) is 1. The van der Waals surface area contributed by atoms with Gasteiger partial charge >= 0.3 is 17.9 Å². The van der Waals surface area contributed by atoms with Gasteiger partial charge in [-0.15, -0.1) is 12.4 Å². The molecule has 12 heteroatoms. The topological polar surface area (TPSA) is 182 Å².